The molecule has 0 aromatic carbocycles. The van der Waals surface area contributed by atoms with Crippen molar-refractivity contribution in [3.05, 3.63) is 0 Å². The standard InChI is InChI=1S/C8H17F2O4P/c1-4-13-15(12,14-5-2)8(9,10)6-7(3)11/h7,11H,4-6H2,1-3H3. The molecule has 1 unspecified atom stereocenters. The van der Waals surface area contributed by atoms with E-state index in [1.54, 1.807) is 0 Å². The summed E-state index contributed by atoms with van der Waals surface area (Å²) in [6, 6.07) is 0. The first-order chi connectivity index (χ1) is 6.79. The normalized spacial score (nSPS) is 15.3. The zero-order valence-corrected chi connectivity index (χ0v) is 9.97. The van der Waals surface area contributed by atoms with Crippen molar-refractivity contribution < 1.29 is 27.5 Å². The Balaban J connectivity index is 4.80. The van der Waals surface area contributed by atoms with E-state index in [0.29, 0.717) is 0 Å². The number of aliphatic hydroxyl groups is 1. The van der Waals surface area contributed by atoms with Crippen LogP contribution in [0.25, 0.3) is 0 Å². The molecule has 0 saturated carbocycles. The van der Waals surface area contributed by atoms with Crippen LogP contribution < -0.4 is 0 Å². The molecular formula is C8H17F2O4P. The number of hydrogen-bond donors (Lipinski definition) is 1. The van der Waals surface area contributed by atoms with Crippen molar-refractivity contribution in [3.8, 4) is 0 Å². The molecular weight excluding hydrogens is 229 g/mol. The van der Waals surface area contributed by atoms with Crippen LogP contribution in [-0.2, 0) is 13.6 Å². The van der Waals surface area contributed by atoms with Crippen molar-refractivity contribution in [2.75, 3.05) is 13.2 Å². The molecule has 0 radical (unpaired) electrons. The van der Waals surface area contributed by atoms with E-state index in [0.717, 1.165) is 0 Å². The summed E-state index contributed by atoms with van der Waals surface area (Å²) in [5, 5.41) is 8.88. The van der Waals surface area contributed by atoms with E-state index in [-0.39, 0.29) is 13.2 Å². The highest BCUT2D eigenvalue weighted by atomic mass is 31.2. The van der Waals surface area contributed by atoms with Crippen LogP contribution in [0.2, 0.25) is 0 Å². The molecule has 0 aliphatic carbocycles. The van der Waals surface area contributed by atoms with Crippen LogP contribution in [0.15, 0.2) is 0 Å². The number of aliphatic hydroxyl groups excluding tert-OH is 1. The smallest absolute Gasteiger partial charge is 0.393 e. The number of rotatable bonds is 7. The van der Waals surface area contributed by atoms with Crippen molar-refractivity contribution >= 4 is 7.60 Å². The minimum atomic E-state index is -4.47. The molecule has 0 saturated heterocycles. The third-order valence-electron chi connectivity index (χ3n) is 1.54. The molecule has 0 bridgehead atoms. The highest BCUT2D eigenvalue weighted by molar-refractivity contribution is 7.55. The Bertz CT molecular complexity index is 223. The number of hydrogen-bond acceptors (Lipinski definition) is 4. The largest absolute Gasteiger partial charge is 0.399 e. The predicted octanol–water partition coefficient (Wildman–Crippen LogP) is 2.62. The zero-order valence-electron chi connectivity index (χ0n) is 9.07. The van der Waals surface area contributed by atoms with Gasteiger partial charge in [0.05, 0.1) is 19.3 Å². The van der Waals surface area contributed by atoms with Crippen molar-refractivity contribution in [1.82, 2.24) is 0 Å². The van der Waals surface area contributed by atoms with Gasteiger partial charge in [0, 0.05) is 6.42 Å². The van der Waals surface area contributed by atoms with E-state index in [1.165, 1.54) is 20.8 Å². The van der Waals surface area contributed by atoms with E-state index in [2.05, 4.69) is 9.05 Å². The molecule has 0 aromatic rings. The Hall–Kier alpha value is -0.0300. The Labute approximate surface area is 88.1 Å². The Kier molecular flexibility index (Phi) is 5.88. The van der Waals surface area contributed by atoms with Crippen molar-refractivity contribution in [2.24, 2.45) is 0 Å². The third-order valence-corrected chi connectivity index (χ3v) is 3.72. The van der Waals surface area contributed by atoms with Crippen molar-refractivity contribution in [1.29, 1.82) is 0 Å². The topological polar surface area (TPSA) is 55.8 Å². The summed E-state index contributed by atoms with van der Waals surface area (Å²) in [6.45, 7) is 3.82. The quantitative estimate of drug-likeness (QED) is 0.701. The molecule has 92 valence electrons. The van der Waals surface area contributed by atoms with Gasteiger partial charge >= 0.3 is 13.3 Å². The molecule has 15 heavy (non-hydrogen) atoms. The van der Waals surface area contributed by atoms with Crippen LogP contribution in [0, 0.1) is 0 Å². The van der Waals surface area contributed by atoms with E-state index >= 15 is 0 Å². The van der Waals surface area contributed by atoms with Gasteiger partial charge in [0.2, 0.25) is 0 Å². The SMILES string of the molecule is CCOP(=O)(OCC)C(F)(F)CC(C)O. The van der Waals surface area contributed by atoms with E-state index in [4.69, 9.17) is 5.11 Å². The maximum absolute atomic E-state index is 13.4. The molecule has 0 aliphatic heterocycles. The first-order valence-corrected chi connectivity index (χ1v) is 6.28. The Morgan fingerprint density at radius 1 is 1.33 bits per heavy atom. The average molecular weight is 246 g/mol. The van der Waals surface area contributed by atoms with Gasteiger partial charge in [0.25, 0.3) is 0 Å². The lowest BCUT2D eigenvalue weighted by Crippen LogP contribution is -2.25. The van der Waals surface area contributed by atoms with Crippen molar-refractivity contribution in [2.45, 2.75) is 39.0 Å². The van der Waals surface area contributed by atoms with Crippen LogP contribution in [0.1, 0.15) is 27.2 Å². The van der Waals surface area contributed by atoms with Gasteiger partial charge in [-0.25, -0.2) is 0 Å². The van der Waals surface area contributed by atoms with E-state index in [9.17, 15) is 13.3 Å². The summed E-state index contributed by atoms with van der Waals surface area (Å²) in [5.41, 5.74) is -3.66. The van der Waals surface area contributed by atoms with Gasteiger partial charge in [-0.2, -0.15) is 8.78 Å². The van der Waals surface area contributed by atoms with Gasteiger partial charge in [0.15, 0.2) is 0 Å². The minimum absolute atomic E-state index is 0.132. The highest BCUT2D eigenvalue weighted by Gasteiger charge is 2.53. The zero-order chi connectivity index (χ0) is 12.1. The lowest BCUT2D eigenvalue weighted by molar-refractivity contribution is -0.00158. The molecule has 1 N–H and O–H groups in total. The molecule has 0 rings (SSSR count). The van der Waals surface area contributed by atoms with Crippen LogP contribution in [0.5, 0.6) is 0 Å². The maximum atomic E-state index is 13.4. The second kappa shape index (κ2) is 5.89. The summed E-state index contributed by atoms with van der Waals surface area (Å²) in [5.74, 6) is 0. The average Bonchev–Trinajstić information content (AvgIpc) is 2.02. The van der Waals surface area contributed by atoms with Gasteiger partial charge in [-0.05, 0) is 20.8 Å². The summed E-state index contributed by atoms with van der Waals surface area (Å²) in [4.78, 5) is 0. The third kappa shape index (κ3) is 4.15. The fraction of sp³-hybridized carbons (Fsp3) is 1.00. The van der Waals surface area contributed by atoms with Gasteiger partial charge < -0.3 is 14.2 Å². The van der Waals surface area contributed by atoms with Crippen LogP contribution in [0.3, 0.4) is 0 Å². The van der Waals surface area contributed by atoms with Crippen LogP contribution in [-0.4, -0.2) is 30.1 Å². The summed E-state index contributed by atoms with van der Waals surface area (Å²) in [7, 11) is -4.47. The molecule has 0 aliphatic rings. The second-order valence-corrected chi connectivity index (χ2v) is 5.22. The first-order valence-electron chi connectivity index (χ1n) is 4.74. The fourth-order valence-electron chi connectivity index (χ4n) is 1.03. The van der Waals surface area contributed by atoms with E-state index in [1.807, 2.05) is 0 Å². The minimum Gasteiger partial charge on any atom is -0.393 e. The Morgan fingerprint density at radius 3 is 2.00 bits per heavy atom. The number of halogens is 2. The number of alkyl halides is 2. The lowest BCUT2D eigenvalue weighted by Gasteiger charge is -2.26. The monoisotopic (exact) mass is 246 g/mol. The van der Waals surface area contributed by atoms with Crippen molar-refractivity contribution in [3.63, 3.8) is 0 Å². The van der Waals surface area contributed by atoms with Gasteiger partial charge in [-0.1, -0.05) is 0 Å². The van der Waals surface area contributed by atoms with Gasteiger partial charge in [0.1, 0.15) is 0 Å². The highest BCUT2D eigenvalue weighted by Crippen LogP contribution is 2.63. The van der Waals surface area contributed by atoms with Crippen LogP contribution >= 0.6 is 7.60 Å². The molecule has 0 amide bonds. The van der Waals surface area contributed by atoms with Crippen LogP contribution in [0.4, 0.5) is 8.78 Å². The lowest BCUT2D eigenvalue weighted by atomic mass is 10.3. The van der Waals surface area contributed by atoms with Gasteiger partial charge in [-0.15, -0.1) is 0 Å². The van der Waals surface area contributed by atoms with Gasteiger partial charge in [-0.3, -0.25) is 4.57 Å². The summed E-state index contributed by atoms with van der Waals surface area (Å²) < 4.78 is 47.5. The molecule has 1 atom stereocenters. The maximum Gasteiger partial charge on any atom is 0.399 e. The molecule has 7 heteroatoms. The first kappa shape index (κ1) is 15.0. The summed E-state index contributed by atoms with van der Waals surface area (Å²) >= 11 is 0. The molecule has 0 heterocycles. The second-order valence-electron chi connectivity index (χ2n) is 3.05. The molecule has 4 nitrogen and oxygen atoms in total. The fourth-order valence-corrected chi connectivity index (χ4v) is 2.65. The van der Waals surface area contributed by atoms with E-state index < -0.39 is 25.8 Å². The molecule has 0 aromatic heterocycles. The molecule has 0 fully saturated rings. The molecule has 0 spiro atoms. The summed E-state index contributed by atoms with van der Waals surface area (Å²) in [6.07, 6.45) is -2.21. The Morgan fingerprint density at radius 2 is 1.73 bits per heavy atom. The predicted molar refractivity (Wildman–Crippen MR) is 52.1 cm³/mol.